The molecule has 2 aliphatic heterocycles. The summed E-state index contributed by atoms with van der Waals surface area (Å²) in [6.07, 6.45) is 2.39. The fourth-order valence-electron chi connectivity index (χ4n) is 2.60. The molecule has 3 heterocycles. The number of fused-ring (bicyclic) bond motifs is 1. The lowest BCUT2D eigenvalue weighted by molar-refractivity contribution is -0.123. The number of aryl methyl sites for hydroxylation is 1. The fraction of sp³-hybridized carbons (Fsp3) is 0.538. The van der Waals surface area contributed by atoms with Crippen LogP contribution in [0.5, 0.6) is 0 Å². The second kappa shape index (κ2) is 5.07. The van der Waals surface area contributed by atoms with Crippen molar-refractivity contribution in [1.82, 2.24) is 20.6 Å². The number of anilines is 1. The molecule has 1 aromatic rings. The molecule has 1 fully saturated rings. The first kappa shape index (κ1) is 12.8. The number of hydrogen-bond donors (Lipinski definition) is 3. The van der Waals surface area contributed by atoms with Gasteiger partial charge in [-0.2, -0.15) is 0 Å². The lowest BCUT2D eigenvalue weighted by Gasteiger charge is -2.26. The Labute approximate surface area is 116 Å². The minimum absolute atomic E-state index is 0.0125. The molecule has 7 nitrogen and oxygen atoms in total. The molecule has 3 N–H and O–H groups in total. The SMILES string of the molecule is Cc1nc(NC2CCCNC2=O)c2c(n1)C(=O)NCC2. The summed E-state index contributed by atoms with van der Waals surface area (Å²) in [6.45, 7) is 3.04. The molecule has 7 heteroatoms. The third-order valence-electron chi connectivity index (χ3n) is 3.59. The summed E-state index contributed by atoms with van der Waals surface area (Å²) >= 11 is 0. The van der Waals surface area contributed by atoms with E-state index in [0.29, 0.717) is 30.3 Å². The minimum Gasteiger partial charge on any atom is -0.358 e. The van der Waals surface area contributed by atoms with Crippen molar-refractivity contribution in [2.45, 2.75) is 32.2 Å². The van der Waals surface area contributed by atoms with Crippen molar-refractivity contribution >= 4 is 17.6 Å². The highest BCUT2D eigenvalue weighted by Crippen LogP contribution is 2.22. The first-order chi connectivity index (χ1) is 9.65. The molecule has 0 aromatic carbocycles. The largest absolute Gasteiger partial charge is 0.358 e. The molecule has 0 radical (unpaired) electrons. The Kier molecular flexibility index (Phi) is 3.25. The first-order valence-corrected chi connectivity index (χ1v) is 6.85. The summed E-state index contributed by atoms with van der Waals surface area (Å²) in [6, 6.07) is -0.285. The average Bonchev–Trinajstić information content (AvgIpc) is 2.42. The molecule has 106 valence electrons. The van der Waals surface area contributed by atoms with Gasteiger partial charge in [-0.3, -0.25) is 9.59 Å². The van der Waals surface area contributed by atoms with Crippen LogP contribution in [0.3, 0.4) is 0 Å². The summed E-state index contributed by atoms with van der Waals surface area (Å²) < 4.78 is 0. The van der Waals surface area contributed by atoms with E-state index in [9.17, 15) is 9.59 Å². The van der Waals surface area contributed by atoms with E-state index in [2.05, 4.69) is 25.9 Å². The highest BCUT2D eigenvalue weighted by atomic mass is 16.2. The van der Waals surface area contributed by atoms with Gasteiger partial charge in [0.15, 0.2) is 0 Å². The predicted molar refractivity (Wildman–Crippen MR) is 72.5 cm³/mol. The molecular weight excluding hydrogens is 258 g/mol. The van der Waals surface area contributed by atoms with Gasteiger partial charge in [-0.25, -0.2) is 9.97 Å². The highest BCUT2D eigenvalue weighted by molar-refractivity contribution is 5.96. The number of nitrogens with one attached hydrogen (secondary N) is 3. The zero-order valence-electron chi connectivity index (χ0n) is 11.3. The Morgan fingerprint density at radius 3 is 2.85 bits per heavy atom. The van der Waals surface area contributed by atoms with Gasteiger partial charge < -0.3 is 16.0 Å². The number of aromatic nitrogens is 2. The molecule has 1 unspecified atom stereocenters. The van der Waals surface area contributed by atoms with Gasteiger partial charge >= 0.3 is 0 Å². The zero-order valence-corrected chi connectivity index (χ0v) is 11.3. The lowest BCUT2D eigenvalue weighted by Crippen LogP contribution is -2.45. The van der Waals surface area contributed by atoms with Crippen LogP contribution in [0.15, 0.2) is 0 Å². The smallest absolute Gasteiger partial charge is 0.270 e. The highest BCUT2D eigenvalue weighted by Gasteiger charge is 2.27. The molecule has 20 heavy (non-hydrogen) atoms. The van der Waals surface area contributed by atoms with Gasteiger partial charge in [0.1, 0.15) is 23.4 Å². The molecule has 0 saturated carbocycles. The standard InChI is InChI=1S/C13H17N5O2/c1-7-16-10-8(4-6-15-13(10)20)11(17-7)18-9-3-2-5-14-12(9)19/h9H,2-6H2,1H3,(H,14,19)(H,15,20)(H,16,17,18). The van der Waals surface area contributed by atoms with Crippen molar-refractivity contribution in [3.8, 4) is 0 Å². The van der Waals surface area contributed by atoms with Gasteiger partial charge in [-0.05, 0) is 26.2 Å². The maximum atomic E-state index is 11.8. The molecule has 1 atom stereocenters. The van der Waals surface area contributed by atoms with Crippen molar-refractivity contribution in [3.05, 3.63) is 17.1 Å². The predicted octanol–water partition coefficient (Wildman–Crippen LogP) is -0.239. The van der Waals surface area contributed by atoms with Gasteiger partial charge in [0, 0.05) is 18.7 Å². The van der Waals surface area contributed by atoms with E-state index in [4.69, 9.17) is 0 Å². The molecule has 0 bridgehead atoms. The van der Waals surface area contributed by atoms with Crippen molar-refractivity contribution in [1.29, 1.82) is 0 Å². The topological polar surface area (TPSA) is 96.0 Å². The first-order valence-electron chi connectivity index (χ1n) is 6.85. The zero-order chi connectivity index (χ0) is 14.1. The summed E-state index contributed by atoms with van der Waals surface area (Å²) in [5, 5.41) is 8.78. The van der Waals surface area contributed by atoms with Crippen LogP contribution < -0.4 is 16.0 Å². The second-order valence-electron chi connectivity index (χ2n) is 5.08. The number of hydrogen-bond acceptors (Lipinski definition) is 5. The van der Waals surface area contributed by atoms with Gasteiger partial charge in [0.25, 0.3) is 5.91 Å². The van der Waals surface area contributed by atoms with Crippen LogP contribution in [0.1, 0.15) is 34.7 Å². The van der Waals surface area contributed by atoms with Gasteiger partial charge in [0.2, 0.25) is 5.91 Å². The summed E-state index contributed by atoms with van der Waals surface area (Å²) in [5.41, 5.74) is 1.22. The summed E-state index contributed by atoms with van der Waals surface area (Å²) in [4.78, 5) is 32.2. The molecule has 1 aromatic heterocycles. The van der Waals surface area contributed by atoms with Gasteiger partial charge in [0.05, 0.1) is 0 Å². The van der Waals surface area contributed by atoms with E-state index in [1.54, 1.807) is 6.92 Å². The summed E-state index contributed by atoms with van der Waals surface area (Å²) in [7, 11) is 0. The van der Waals surface area contributed by atoms with Crippen molar-refractivity contribution in [2.24, 2.45) is 0 Å². The molecule has 1 saturated heterocycles. The lowest BCUT2D eigenvalue weighted by atomic mass is 10.0. The van der Waals surface area contributed by atoms with Crippen LogP contribution in [0.25, 0.3) is 0 Å². The van der Waals surface area contributed by atoms with Crippen molar-refractivity contribution in [3.63, 3.8) is 0 Å². The van der Waals surface area contributed by atoms with Crippen LogP contribution >= 0.6 is 0 Å². The molecule has 2 aliphatic rings. The van der Waals surface area contributed by atoms with Crippen LogP contribution in [0.2, 0.25) is 0 Å². The molecule has 0 aliphatic carbocycles. The van der Waals surface area contributed by atoms with Crippen LogP contribution in [-0.2, 0) is 11.2 Å². The number of piperidine rings is 1. The van der Waals surface area contributed by atoms with Crippen LogP contribution in [0.4, 0.5) is 5.82 Å². The number of nitrogens with zero attached hydrogens (tertiary/aromatic N) is 2. The van der Waals surface area contributed by atoms with Gasteiger partial charge in [-0.1, -0.05) is 0 Å². The van der Waals surface area contributed by atoms with E-state index >= 15 is 0 Å². The number of carbonyl (C=O) groups is 2. The average molecular weight is 275 g/mol. The normalized spacial score (nSPS) is 21.8. The Balaban J connectivity index is 1.93. The van der Waals surface area contributed by atoms with E-state index in [-0.39, 0.29) is 17.9 Å². The Bertz CT molecular complexity index is 572. The van der Waals surface area contributed by atoms with Crippen molar-refractivity contribution in [2.75, 3.05) is 18.4 Å². The Morgan fingerprint density at radius 2 is 2.05 bits per heavy atom. The Morgan fingerprint density at radius 1 is 1.20 bits per heavy atom. The van der Waals surface area contributed by atoms with Crippen molar-refractivity contribution < 1.29 is 9.59 Å². The Hall–Kier alpha value is -2.18. The van der Waals surface area contributed by atoms with E-state index in [1.807, 2.05) is 0 Å². The molecule has 0 spiro atoms. The van der Waals surface area contributed by atoms with Crippen LogP contribution in [0, 0.1) is 6.92 Å². The van der Waals surface area contributed by atoms with E-state index < -0.39 is 0 Å². The molecule has 2 amide bonds. The van der Waals surface area contributed by atoms with Crippen LogP contribution in [-0.4, -0.2) is 40.9 Å². The number of carbonyl (C=O) groups excluding carboxylic acids is 2. The second-order valence-corrected chi connectivity index (χ2v) is 5.08. The molecular formula is C13H17N5O2. The van der Waals surface area contributed by atoms with Gasteiger partial charge in [-0.15, -0.1) is 0 Å². The maximum absolute atomic E-state index is 11.8. The molecule has 3 rings (SSSR count). The fourth-order valence-corrected chi connectivity index (χ4v) is 2.60. The maximum Gasteiger partial charge on any atom is 0.270 e. The number of rotatable bonds is 2. The van der Waals surface area contributed by atoms with E-state index in [0.717, 1.165) is 24.9 Å². The quantitative estimate of drug-likeness (QED) is 0.692. The van der Waals surface area contributed by atoms with E-state index in [1.165, 1.54) is 0 Å². The monoisotopic (exact) mass is 275 g/mol. The minimum atomic E-state index is -0.285. The number of amides is 2. The third kappa shape index (κ3) is 2.31. The summed E-state index contributed by atoms with van der Waals surface area (Å²) in [5.74, 6) is 0.957. The third-order valence-corrected chi connectivity index (χ3v) is 3.59.